The van der Waals surface area contributed by atoms with Crippen molar-refractivity contribution in [2.45, 2.75) is 232 Å². The summed E-state index contributed by atoms with van der Waals surface area (Å²) in [6.07, 6.45) is 21.7. The Labute approximate surface area is 419 Å². The molecular formula is C51H95N9O10. The van der Waals surface area contributed by atoms with E-state index in [1.165, 1.54) is 70.5 Å². The van der Waals surface area contributed by atoms with Crippen molar-refractivity contribution in [2.24, 2.45) is 5.73 Å². The third-order valence-corrected chi connectivity index (χ3v) is 12.3. The van der Waals surface area contributed by atoms with Gasteiger partial charge in [-0.05, 0) is 80.7 Å². The molecule has 3 amide bonds. The number of aromatic nitrogens is 2. The number of carboxylic acid groups (broad SMARTS) is 2. The second-order valence-electron chi connectivity index (χ2n) is 19.6. The Hall–Kier alpha value is -4.59. The molecule has 0 aliphatic carbocycles. The molecule has 0 unspecified atom stereocenters. The van der Waals surface area contributed by atoms with Gasteiger partial charge < -0.3 is 42.2 Å². The number of likely N-dealkylation sites (N-methyl/N-ethyl adjacent to an activating group) is 1. The standard InChI is InChI=1S/C28H53N3O6.C22H38N6O4.CH4/c1-3-4-5-6-7-8-9-10-11-12-13-14-15-19-26(33)31-24(28(36)37)20-21-25(32)30-22-17-16-18-23(29-2)27(34)35;1-8-16(29)20(2,3)26-11-17(30)21(4,5)27-12-18(31)22(6,7)28-19(32)15(23)9-14-10-24-13-25-14;/h23-24,29H,3-22H2,1-2H3,(H,30,32)(H,31,33)(H,34,35)(H,36,37);10,13,15,26-27H,8-9,11-12,23H2,1-7H3,(H,24,25)(H,28,32);1H4/t23-,24-;15-;/m00./s1. The highest BCUT2D eigenvalue weighted by molar-refractivity contribution is 5.96. The number of H-pyrrole nitrogens is 1. The molecule has 0 aromatic carbocycles. The van der Waals surface area contributed by atoms with Crippen molar-refractivity contribution in [3.63, 3.8) is 0 Å². The lowest BCUT2D eigenvalue weighted by Crippen LogP contribution is -2.60. The van der Waals surface area contributed by atoms with Crippen molar-refractivity contribution in [1.82, 2.24) is 41.9 Å². The molecule has 0 bridgehead atoms. The van der Waals surface area contributed by atoms with E-state index in [2.05, 4.69) is 48.8 Å². The smallest absolute Gasteiger partial charge is 0.326 e. The van der Waals surface area contributed by atoms with Crippen molar-refractivity contribution in [3.8, 4) is 0 Å². The number of imidazole rings is 1. The zero-order valence-electron chi connectivity index (χ0n) is 43.5. The van der Waals surface area contributed by atoms with Gasteiger partial charge in [0.05, 0.1) is 42.1 Å². The Morgan fingerprint density at radius 3 is 1.61 bits per heavy atom. The summed E-state index contributed by atoms with van der Waals surface area (Å²) in [7, 11) is 1.59. The number of ketones is 3. The minimum atomic E-state index is -1.18. The molecule has 404 valence electrons. The van der Waals surface area contributed by atoms with Crippen molar-refractivity contribution in [3.05, 3.63) is 18.2 Å². The van der Waals surface area contributed by atoms with Crippen LogP contribution in [0.2, 0.25) is 0 Å². The lowest BCUT2D eigenvalue weighted by molar-refractivity contribution is -0.142. The maximum atomic E-state index is 12.7. The molecule has 0 aliphatic rings. The molecule has 70 heavy (non-hydrogen) atoms. The van der Waals surface area contributed by atoms with Crippen LogP contribution in [0.1, 0.15) is 197 Å². The third-order valence-electron chi connectivity index (χ3n) is 12.3. The molecule has 0 fully saturated rings. The predicted molar refractivity (Wildman–Crippen MR) is 275 cm³/mol. The fourth-order valence-corrected chi connectivity index (χ4v) is 7.16. The predicted octanol–water partition coefficient (Wildman–Crippen LogP) is 5.44. The lowest BCUT2D eigenvalue weighted by Gasteiger charge is -2.31. The molecule has 0 radical (unpaired) electrons. The molecule has 1 aromatic rings. The molecule has 0 saturated heterocycles. The van der Waals surface area contributed by atoms with Gasteiger partial charge in [-0.2, -0.15) is 0 Å². The van der Waals surface area contributed by atoms with Crippen LogP contribution in [0.15, 0.2) is 12.5 Å². The summed E-state index contributed by atoms with van der Waals surface area (Å²) >= 11 is 0. The molecule has 19 heteroatoms. The van der Waals surface area contributed by atoms with Gasteiger partial charge in [-0.3, -0.25) is 44.2 Å². The maximum Gasteiger partial charge on any atom is 0.326 e. The second kappa shape index (κ2) is 37.2. The highest BCUT2D eigenvalue weighted by atomic mass is 16.4. The van der Waals surface area contributed by atoms with E-state index in [0.717, 1.165) is 25.0 Å². The number of aromatic amines is 1. The average Bonchev–Trinajstić information content (AvgIpc) is 3.81. The van der Waals surface area contributed by atoms with Crippen LogP contribution < -0.4 is 37.6 Å². The third kappa shape index (κ3) is 30.9. The Bertz CT molecular complexity index is 1680. The minimum absolute atomic E-state index is 0. The number of carbonyl (C=O) groups is 8. The van der Waals surface area contributed by atoms with Gasteiger partial charge in [0, 0.05) is 44.1 Å². The van der Waals surface area contributed by atoms with Crippen molar-refractivity contribution >= 4 is 47.0 Å². The first kappa shape index (κ1) is 67.5. The summed E-state index contributed by atoms with van der Waals surface area (Å²) in [5, 5.41) is 35.0. The number of amides is 3. The molecule has 1 aromatic heterocycles. The average molecular weight is 994 g/mol. The Kier molecular flexibility index (Phi) is 35.9. The highest BCUT2D eigenvalue weighted by Crippen LogP contribution is 2.14. The van der Waals surface area contributed by atoms with Crippen LogP contribution in [-0.2, 0) is 44.8 Å². The van der Waals surface area contributed by atoms with Crippen molar-refractivity contribution < 1.29 is 48.6 Å². The first-order valence-corrected chi connectivity index (χ1v) is 25.3. The van der Waals surface area contributed by atoms with E-state index in [4.69, 9.17) is 10.8 Å². The zero-order valence-corrected chi connectivity index (χ0v) is 43.5. The Balaban J connectivity index is 0. The molecular weight excluding hydrogens is 899 g/mol. The summed E-state index contributed by atoms with van der Waals surface area (Å²) in [6, 6.07) is -2.52. The van der Waals surface area contributed by atoms with Crippen LogP contribution in [0, 0.1) is 0 Å². The quantitative estimate of drug-likeness (QED) is 0.0366. The number of rotatable bonds is 40. The molecule has 0 saturated carbocycles. The number of nitrogens with zero attached hydrogens (tertiary/aromatic N) is 1. The molecule has 0 aliphatic heterocycles. The Morgan fingerprint density at radius 1 is 0.643 bits per heavy atom. The van der Waals surface area contributed by atoms with Crippen molar-refractivity contribution in [1.29, 1.82) is 0 Å². The van der Waals surface area contributed by atoms with Crippen molar-refractivity contribution in [2.75, 3.05) is 26.7 Å². The molecule has 1 heterocycles. The number of carbonyl (C=O) groups excluding carboxylic acids is 6. The summed E-state index contributed by atoms with van der Waals surface area (Å²) < 4.78 is 0. The number of hydrogen-bond acceptors (Lipinski definition) is 13. The van der Waals surface area contributed by atoms with E-state index in [1.54, 1.807) is 61.7 Å². The van der Waals surface area contributed by atoms with E-state index in [9.17, 15) is 43.5 Å². The normalized spacial score (nSPS) is 12.8. The van der Waals surface area contributed by atoms with E-state index in [1.807, 2.05) is 0 Å². The highest BCUT2D eigenvalue weighted by Gasteiger charge is 2.35. The van der Waals surface area contributed by atoms with Gasteiger partial charge >= 0.3 is 11.9 Å². The van der Waals surface area contributed by atoms with E-state index >= 15 is 0 Å². The van der Waals surface area contributed by atoms with Crippen LogP contribution in [0.3, 0.4) is 0 Å². The summed E-state index contributed by atoms with van der Waals surface area (Å²) in [6.45, 7) is 14.3. The molecule has 11 N–H and O–H groups in total. The van der Waals surface area contributed by atoms with Crippen LogP contribution >= 0.6 is 0 Å². The van der Waals surface area contributed by atoms with E-state index in [0.29, 0.717) is 38.6 Å². The Morgan fingerprint density at radius 2 is 1.14 bits per heavy atom. The minimum Gasteiger partial charge on any atom is -0.480 e. The van der Waals surface area contributed by atoms with Gasteiger partial charge in [-0.25, -0.2) is 9.78 Å². The summed E-state index contributed by atoms with van der Waals surface area (Å²) in [5.74, 6) is -3.54. The number of nitrogens with one attached hydrogen (secondary N) is 7. The topological polar surface area (TPSA) is 304 Å². The van der Waals surface area contributed by atoms with E-state index < -0.39 is 52.6 Å². The number of Topliss-reactive ketones (excluding diaryl/α,β-unsaturated/α-hetero) is 3. The van der Waals surface area contributed by atoms with Gasteiger partial charge in [0.15, 0.2) is 17.3 Å². The van der Waals surface area contributed by atoms with E-state index in [-0.39, 0.29) is 68.9 Å². The fourth-order valence-electron chi connectivity index (χ4n) is 7.16. The number of hydrogen-bond donors (Lipinski definition) is 10. The number of unbranched alkanes of at least 4 members (excludes halogenated alkanes) is 13. The zero-order chi connectivity index (χ0) is 52.5. The van der Waals surface area contributed by atoms with Crippen LogP contribution in [0.4, 0.5) is 0 Å². The maximum absolute atomic E-state index is 12.7. The van der Waals surface area contributed by atoms with Crippen LogP contribution in [-0.4, -0.2) is 129 Å². The first-order chi connectivity index (χ1) is 32.4. The van der Waals surface area contributed by atoms with Gasteiger partial charge in [0.25, 0.3) is 0 Å². The monoisotopic (exact) mass is 994 g/mol. The molecule has 19 nitrogen and oxygen atoms in total. The van der Waals surface area contributed by atoms with Crippen LogP contribution in [0.25, 0.3) is 0 Å². The number of nitrogens with two attached hydrogens (primary N) is 1. The fraction of sp³-hybridized carbons (Fsp3) is 0.784. The number of carboxylic acids is 2. The van der Waals surface area contributed by atoms with Gasteiger partial charge in [-0.1, -0.05) is 98.3 Å². The van der Waals surface area contributed by atoms with Gasteiger partial charge in [0.1, 0.15) is 12.1 Å². The molecule has 3 atom stereocenters. The number of aliphatic carboxylic acids is 2. The van der Waals surface area contributed by atoms with Gasteiger partial charge in [-0.15, -0.1) is 0 Å². The largest absolute Gasteiger partial charge is 0.480 e. The van der Waals surface area contributed by atoms with Gasteiger partial charge in [0.2, 0.25) is 17.7 Å². The first-order valence-electron chi connectivity index (χ1n) is 25.3. The summed E-state index contributed by atoms with van der Waals surface area (Å²) in [4.78, 5) is 103. The molecule has 1 rings (SSSR count). The SMILES string of the molecule is C.CCC(=O)C(C)(C)NCC(=O)C(C)(C)NCC(=O)C(C)(C)NC(=O)[C@@H](N)Cc1cnc[nH]1.CCCCCCCCCCCCCCCC(=O)N[C@@H](CCC(=O)NCCCC[C@H](NC)C(=O)O)C(=O)O. The summed E-state index contributed by atoms with van der Waals surface area (Å²) in [5.41, 5.74) is 3.66. The second-order valence-corrected chi connectivity index (χ2v) is 19.6. The van der Waals surface area contributed by atoms with Crippen LogP contribution in [0.5, 0.6) is 0 Å². The molecule has 0 spiro atoms. The lowest BCUT2D eigenvalue weighted by atomic mass is 9.93.